The SMILES string of the molecule is Cc1c(Cl)cccc1NC(=S)N(CCN1CCOCC1)Cc1ccncc1. The maximum absolute atomic E-state index is 6.25. The summed E-state index contributed by atoms with van der Waals surface area (Å²) >= 11 is 12.0. The third kappa shape index (κ3) is 5.87. The summed E-state index contributed by atoms with van der Waals surface area (Å²) in [6.45, 7) is 8.06. The van der Waals surface area contributed by atoms with Gasteiger partial charge in [0.15, 0.2) is 5.11 Å². The number of morpholine rings is 1. The van der Waals surface area contributed by atoms with Gasteiger partial charge in [0.05, 0.1) is 13.2 Å². The Morgan fingerprint density at radius 2 is 2.00 bits per heavy atom. The van der Waals surface area contributed by atoms with Crippen molar-refractivity contribution in [2.75, 3.05) is 44.7 Å². The molecule has 1 saturated heterocycles. The molecule has 2 aromatic rings. The summed E-state index contributed by atoms with van der Waals surface area (Å²) in [5.74, 6) is 0. The van der Waals surface area contributed by atoms with E-state index in [-0.39, 0.29) is 0 Å². The van der Waals surface area contributed by atoms with Gasteiger partial charge >= 0.3 is 0 Å². The summed E-state index contributed by atoms with van der Waals surface area (Å²) in [7, 11) is 0. The molecule has 0 saturated carbocycles. The van der Waals surface area contributed by atoms with E-state index in [0.29, 0.717) is 5.11 Å². The molecule has 144 valence electrons. The molecule has 1 aliphatic heterocycles. The van der Waals surface area contributed by atoms with Crippen LogP contribution in [0.15, 0.2) is 42.7 Å². The molecule has 0 atom stereocenters. The zero-order chi connectivity index (χ0) is 19.1. The highest BCUT2D eigenvalue weighted by Gasteiger charge is 2.16. The number of hydrogen-bond donors (Lipinski definition) is 1. The highest BCUT2D eigenvalue weighted by atomic mass is 35.5. The van der Waals surface area contributed by atoms with E-state index in [0.717, 1.165) is 62.2 Å². The van der Waals surface area contributed by atoms with Crippen molar-refractivity contribution in [3.05, 3.63) is 58.9 Å². The van der Waals surface area contributed by atoms with Gasteiger partial charge in [0, 0.05) is 55.8 Å². The van der Waals surface area contributed by atoms with Crippen LogP contribution in [0, 0.1) is 6.92 Å². The summed E-state index contributed by atoms with van der Waals surface area (Å²) in [6.07, 6.45) is 3.63. The van der Waals surface area contributed by atoms with Crippen LogP contribution in [0.25, 0.3) is 0 Å². The van der Waals surface area contributed by atoms with Crippen LogP contribution in [-0.4, -0.2) is 59.3 Å². The first-order valence-electron chi connectivity index (χ1n) is 9.13. The van der Waals surface area contributed by atoms with Crippen LogP contribution in [0.1, 0.15) is 11.1 Å². The number of hydrogen-bond acceptors (Lipinski definition) is 4. The minimum Gasteiger partial charge on any atom is -0.379 e. The molecule has 0 bridgehead atoms. The molecule has 1 aliphatic rings. The Morgan fingerprint density at radius 3 is 2.74 bits per heavy atom. The molecule has 1 N–H and O–H groups in total. The lowest BCUT2D eigenvalue weighted by atomic mass is 10.2. The molecule has 27 heavy (non-hydrogen) atoms. The number of nitrogens with zero attached hydrogens (tertiary/aromatic N) is 3. The number of thiocarbonyl (C=S) groups is 1. The fourth-order valence-electron chi connectivity index (χ4n) is 2.99. The quantitative estimate of drug-likeness (QED) is 0.742. The normalized spacial score (nSPS) is 14.7. The van der Waals surface area contributed by atoms with Gasteiger partial charge in [-0.1, -0.05) is 17.7 Å². The minimum absolute atomic E-state index is 0.699. The molecule has 1 aromatic carbocycles. The van der Waals surface area contributed by atoms with Gasteiger partial charge in [-0.05, 0) is 54.5 Å². The Kier molecular flexibility index (Phi) is 7.41. The van der Waals surface area contributed by atoms with Crippen molar-refractivity contribution < 1.29 is 4.74 Å². The maximum Gasteiger partial charge on any atom is 0.173 e. The monoisotopic (exact) mass is 404 g/mol. The molecule has 0 unspecified atom stereocenters. The van der Waals surface area contributed by atoms with E-state index in [4.69, 9.17) is 28.6 Å². The zero-order valence-electron chi connectivity index (χ0n) is 15.5. The third-order valence-corrected chi connectivity index (χ3v) is 5.48. The minimum atomic E-state index is 0.699. The largest absolute Gasteiger partial charge is 0.379 e. The molecular weight excluding hydrogens is 380 g/mol. The first kappa shape index (κ1) is 20.0. The van der Waals surface area contributed by atoms with Gasteiger partial charge in [-0.15, -0.1) is 0 Å². The van der Waals surface area contributed by atoms with Crippen molar-refractivity contribution in [3.63, 3.8) is 0 Å². The fraction of sp³-hybridized carbons (Fsp3) is 0.400. The van der Waals surface area contributed by atoms with Gasteiger partial charge in [-0.3, -0.25) is 9.88 Å². The molecule has 2 heterocycles. The van der Waals surface area contributed by atoms with Gasteiger partial charge in [0.25, 0.3) is 0 Å². The van der Waals surface area contributed by atoms with E-state index in [1.165, 1.54) is 5.56 Å². The molecule has 1 aromatic heterocycles. The van der Waals surface area contributed by atoms with Crippen molar-refractivity contribution in [1.82, 2.24) is 14.8 Å². The van der Waals surface area contributed by atoms with Crippen molar-refractivity contribution >= 4 is 34.6 Å². The molecule has 3 rings (SSSR count). The van der Waals surface area contributed by atoms with E-state index in [9.17, 15) is 0 Å². The lowest BCUT2D eigenvalue weighted by molar-refractivity contribution is 0.0358. The Morgan fingerprint density at radius 1 is 1.26 bits per heavy atom. The number of pyridine rings is 1. The van der Waals surface area contributed by atoms with Crippen molar-refractivity contribution in [2.24, 2.45) is 0 Å². The van der Waals surface area contributed by atoms with Crippen LogP contribution in [0.2, 0.25) is 5.02 Å². The standard InChI is InChI=1S/C20H25ClN4OS/c1-16-18(21)3-2-4-19(16)23-20(27)25(15-17-5-7-22-8-6-17)10-9-24-11-13-26-14-12-24/h2-8H,9-15H2,1H3,(H,23,27). The average Bonchev–Trinajstić information content (AvgIpc) is 2.70. The second-order valence-corrected chi connectivity index (χ2v) is 7.37. The lowest BCUT2D eigenvalue weighted by Gasteiger charge is -2.31. The average molecular weight is 405 g/mol. The summed E-state index contributed by atoms with van der Waals surface area (Å²) in [4.78, 5) is 8.71. The topological polar surface area (TPSA) is 40.6 Å². The van der Waals surface area contributed by atoms with E-state index in [2.05, 4.69) is 20.1 Å². The van der Waals surface area contributed by atoms with Gasteiger partial charge < -0.3 is 15.0 Å². The summed E-state index contributed by atoms with van der Waals surface area (Å²) in [6, 6.07) is 9.86. The van der Waals surface area contributed by atoms with Crippen molar-refractivity contribution in [1.29, 1.82) is 0 Å². The molecule has 0 amide bonds. The van der Waals surface area contributed by atoms with E-state index in [1.54, 1.807) is 0 Å². The molecule has 0 radical (unpaired) electrons. The predicted molar refractivity (Wildman–Crippen MR) is 114 cm³/mol. The molecule has 1 fully saturated rings. The van der Waals surface area contributed by atoms with E-state index >= 15 is 0 Å². The number of nitrogens with one attached hydrogen (secondary N) is 1. The first-order valence-corrected chi connectivity index (χ1v) is 9.92. The molecule has 5 nitrogen and oxygen atoms in total. The Hall–Kier alpha value is -1.73. The summed E-state index contributed by atoms with van der Waals surface area (Å²) in [5, 5.41) is 4.81. The summed E-state index contributed by atoms with van der Waals surface area (Å²) in [5.41, 5.74) is 3.12. The van der Waals surface area contributed by atoms with Crippen molar-refractivity contribution in [2.45, 2.75) is 13.5 Å². The predicted octanol–water partition coefficient (Wildman–Crippen LogP) is 3.57. The van der Waals surface area contributed by atoms with E-state index in [1.807, 2.05) is 49.6 Å². The molecule has 0 spiro atoms. The van der Waals surface area contributed by atoms with Gasteiger partial charge in [-0.25, -0.2) is 0 Å². The lowest BCUT2D eigenvalue weighted by Crippen LogP contribution is -2.44. The number of benzene rings is 1. The second kappa shape index (κ2) is 9.99. The second-order valence-electron chi connectivity index (χ2n) is 6.57. The van der Waals surface area contributed by atoms with Gasteiger partial charge in [0.1, 0.15) is 0 Å². The Bertz CT molecular complexity index is 753. The first-order chi connectivity index (χ1) is 13.1. The van der Waals surface area contributed by atoms with Crippen molar-refractivity contribution in [3.8, 4) is 0 Å². The zero-order valence-corrected chi connectivity index (χ0v) is 17.1. The highest BCUT2D eigenvalue weighted by molar-refractivity contribution is 7.80. The Labute approximate surface area is 171 Å². The van der Waals surface area contributed by atoms with Crippen LogP contribution in [0.5, 0.6) is 0 Å². The van der Waals surface area contributed by atoms with Crippen LogP contribution >= 0.6 is 23.8 Å². The number of aromatic nitrogens is 1. The Balaban J connectivity index is 1.69. The fourth-order valence-corrected chi connectivity index (χ4v) is 3.43. The number of halogens is 1. The van der Waals surface area contributed by atoms with Gasteiger partial charge in [-0.2, -0.15) is 0 Å². The van der Waals surface area contributed by atoms with Crippen LogP contribution < -0.4 is 5.32 Å². The van der Waals surface area contributed by atoms with Gasteiger partial charge in [0.2, 0.25) is 0 Å². The van der Waals surface area contributed by atoms with E-state index < -0.39 is 0 Å². The number of anilines is 1. The summed E-state index contributed by atoms with van der Waals surface area (Å²) < 4.78 is 5.44. The molecule has 7 heteroatoms. The third-order valence-electron chi connectivity index (χ3n) is 4.71. The van der Waals surface area contributed by atoms with Crippen LogP contribution in [0.4, 0.5) is 5.69 Å². The maximum atomic E-state index is 6.25. The number of ether oxygens (including phenoxy) is 1. The van der Waals surface area contributed by atoms with Crippen LogP contribution in [0.3, 0.4) is 0 Å². The molecule has 0 aliphatic carbocycles. The van der Waals surface area contributed by atoms with Crippen LogP contribution in [-0.2, 0) is 11.3 Å². The number of rotatable bonds is 6. The smallest absolute Gasteiger partial charge is 0.173 e. The highest BCUT2D eigenvalue weighted by Crippen LogP contribution is 2.23. The molecular formula is C20H25ClN4OS.